The van der Waals surface area contributed by atoms with Gasteiger partial charge in [-0.1, -0.05) is 20.8 Å². The number of nitrogens with zero attached hydrogens (tertiary/aromatic N) is 1. The van der Waals surface area contributed by atoms with Gasteiger partial charge in [0.25, 0.3) is 0 Å². The molecule has 0 radical (unpaired) electrons. The van der Waals surface area contributed by atoms with Gasteiger partial charge in [0.1, 0.15) is 0 Å². The van der Waals surface area contributed by atoms with Crippen molar-refractivity contribution in [3.8, 4) is 0 Å². The fourth-order valence-electron chi connectivity index (χ4n) is 1.80. The van der Waals surface area contributed by atoms with Crippen molar-refractivity contribution < 1.29 is 0 Å². The van der Waals surface area contributed by atoms with Crippen molar-refractivity contribution in [2.45, 2.75) is 72.9 Å². The zero-order valence-corrected chi connectivity index (χ0v) is 13.4. The molecule has 0 aromatic rings. The molecule has 0 saturated carbocycles. The fourth-order valence-corrected chi connectivity index (χ4v) is 1.80. The second-order valence-corrected chi connectivity index (χ2v) is 7.41. The maximum Gasteiger partial charge on any atom is 0.0112 e. The van der Waals surface area contributed by atoms with E-state index in [0.29, 0.717) is 11.5 Å². The molecule has 0 spiro atoms. The van der Waals surface area contributed by atoms with Crippen molar-refractivity contribution >= 4 is 0 Å². The zero-order chi connectivity index (χ0) is 13.7. The Bertz CT molecular complexity index is 198. The molecular weight excluding hydrogens is 208 g/mol. The Kier molecular flexibility index (Phi) is 6.71. The van der Waals surface area contributed by atoms with Crippen LogP contribution in [0.25, 0.3) is 0 Å². The third kappa shape index (κ3) is 8.62. The summed E-state index contributed by atoms with van der Waals surface area (Å²) in [4.78, 5) is 2.48. The van der Waals surface area contributed by atoms with Crippen LogP contribution in [0.4, 0.5) is 0 Å². The minimum absolute atomic E-state index is 0.255. The van der Waals surface area contributed by atoms with E-state index in [1.165, 1.54) is 19.4 Å². The number of hydrogen-bond donors (Lipinski definition) is 1. The van der Waals surface area contributed by atoms with E-state index < -0.39 is 0 Å². The summed E-state index contributed by atoms with van der Waals surface area (Å²) >= 11 is 0. The molecule has 104 valence electrons. The molecule has 1 N–H and O–H groups in total. The molecule has 0 heterocycles. The molecule has 17 heavy (non-hydrogen) atoms. The molecule has 0 bridgehead atoms. The van der Waals surface area contributed by atoms with Gasteiger partial charge in [0.15, 0.2) is 0 Å². The van der Waals surface area contributed by atoms with Crippen molar-refractivity contribution in [1.82, 2.24) is 10.2 Å². The predicted molar refractivity (Wildman–Crippen MR) is 78.5 cm³/mol. The summed E-state index contributed by atoms with van der Waals surface area (Å²) in [6.07, 6.45) is 2.54. The fraction of sp³-hybridized carbons (Fsp3) is 1.00. The van der Waals surface area contributed by atoms with E-state index in [4.69, 9.17) is 0 Å². The largest absolute Gasteiger partial charge is 0.312 e. The van der Waals surface area contributed by atoms with Crippen LogP contribution in [0.2, 0.25) is 0 Å². The standard InChI is InChI=1S/C15H34N2/c1-13(14(2,3)4)17(8)12-10-9-11-16-15(5,6)7/h13,16H,9-12H2,1-8H3. The quantitative estimate of drug-likeness (QED) is 0.717. The van der Waals surface area contributed by atoms with Gasteiger partial charge in [-0.2, -0.15) is 0 Å². The number of rotatable bonds is 6. The lowest BCUT2D eigenvalue weighted by Gasteiger charge is -2.35. The lowest BCUT2D eigenvalue weighted by molar-refractivity contribution is 0.139. The average molecular weight is 242 g/mol. The topological polar surface area (TPSA) is 15.3 Å². The van der Waals surface area contributed by atoms with Crippen LogP contribution >= 0.6 is 0 Å². The highest BCUT2D eigenvalue weighted by Crippen LogP contribution is 2.22. The van der Waals surface area contributed by atoms with Crippen molar-refractivity contribution in [1.29, 1.82) is 0 Å². The maximum absolute atomic E-state index is 3.54. The third-order valence-corrected chi connectivity index (χ3v) is 3.51. The number of unbranched alkanes of at least 4 members (excludes halogenated alkanes) is 1. The second-order valence-electron chi connectivity index (χ2n) is 7.41. The average Bonchev–Trinajstić information content (AvgIpc) is 2.12. The Labute approximate surface area is 109 Å². The molecule has 0 amide bonds. The summed E-state index contributed by atoms with van der Waals surface area (Å²) in [5.41, 5.74) is 0.628. The molecule has 0 aromatic heterocycles. The van der Waals surface area contributed by atoms with E-state index in [1.54, 1.807) is 0 Å². The molecule has 0 fully saturated rings. The van der Waals surface area contributed by atoms with E-state index in [-0.39, 0.29) is 5.54 Å². The number of hydrogen-bond acceptors (Lipinski definition) is 2. The van der Waals surface area contributed by atoms with Crippen molar-refractivity contribution in [2.24, 2.45) is 5.41 Å². The first-order valence-electron chi connectivity index (χ1n) is 6.99. The van der Waals surface area contributed by atoms with Gasteiger partial charge in [-0.05, 0) is 66.1 Å². The molecule has 1 unspecified atom stereocenters. The van der Waals surface area contributed by atoms with Gasteiger partial charge in [0, 0.05) is 11.6 Å². The minimum atomic E-state index is 0.255. The first-order valence-corrected chi connectivity index (χ1v) is 6.99. The molecule has 2 heteroatoms. The first kappa shape index (κ1) is 16.9. The lowest BCUT2D eigenvalue weighted by Crippen LogP contribution is -2.40. The molecular formula is C15H34N2. The van der Waals surface area contributed by atoms with Crippen molar-refractivity contribution in [3.05, 3.63) is 0 Å². The van der Waals surface area contributed by atoms with Crippen LogP contribution in [0.5, 0.6) is 0 Å². The van der Waals surface area contributed by atoms with Gasteiger partial charge >= 0.3 is 0 Å². The predicted octanol–water partition coefficient (Wildman–Crippen LogP) is 3.52. The van der Waals surface area contributed by atoms with Crippen LogP contribution in [0.3, 0.4) is 0 Å². The summed E-state index contributed by atoms with van der Waals surface area (Å²) in [5.74, 6) is 0. The Morgan fingerprint density at radius 3 is 1.94 bits per heavy atom. The van der Waals surface area contributed by atoms with E-state index in [9.17, 15) is 0 Å². The lowest BCUT2D eigenvalue weighted by atomic mass is 9.87. The number of nitrogens with one attached hydrogen (secondary N) is 1. The van der Waals surface area contributed by atoms with Crippen LogP contribution in [0, 0.1) is 5.41 Å². The third-order valence-electron chi connectivity index (χ3n) is 3.51. The smallest absolute Gasteiger partial charge is 0.0112 e. The Morgan fingerprint density at radius 1 is 1.00 bits per heavy atom. The zero-order valence-electron chi connectivity index (χ0n) is 13.4. The van der Waals surface area contributed by atoms with E-state index in [2.05, 4.69) is 65.7 Å². The van der Waals surface area contributed by atoms with Crippen molar-refractivity contribution in [3.63, 3.8) is 0 Å². The van der Waals surface area contributed by atoms with E-state index >= 15 is 0 Å². The van der Waals surface area contributed by atoms with Crippen LogP contribution in [-0.4, -0.2) is 36.6 Å². The molecule has 2 nitrogen and oxygen atoms in total. The molecule has 0 aromatic carbocycles. The van der Waals surface area contributed by atoms with Gasteiger partial charge < -0.3 is 10.2 Å². The van der Waals surface area contributed by atoms with Crippen LogP contribution < -0.4 is 5.32 Å². The Balaban J connectivity index is 3.69. The molecule has 0 aliphatic rings. The summed E-state index contributed by atoms with van der Waals surface area (Å²) in [6.45, 7) is 18.3. The van der Waals surface area contributed by atoms with Gasteiger partial charge in [-0.25, -0.2) is 0 Å². The van der Waals surface area contributed by atoms with E-state index in [0.717, 1.165) is 6.54 Å². The van der Waals surface area contributed by atoms with Gasteiger partial charge in [0.2, 0.25) is 0 Å². The van der Waals surface area contributed by atoms with Crippen LogP contribution in [0.1, 0.15) is 61.3 Å². The SMILES string of the molecule is CC(N(C)CCCCNC(C)(C)C)C(C)(C)C. The summed E-state index contributed by atoms with van der Waals surface area (Å²) in [6, 6.07) is 0.637. The first-order chi connectivity index (χ1) is 7.54. The molecule has 0 rings (SSSR count). The molecule has 0 aliphatic heterocycles. The van der Waals surface area contributed by atoms with Gasteiger partial charge in [-0.15, -0.1) is 0 Å². The summed E-state index contributed by atoms with van der Waals surface area (Å²) < 4.78 is 0. The normalized spacial score (nSPS) is 15.4. The van der Waals surface area contributed by atoms with Crippen LogP contribution in [-0.2, 0) is 0 Å². The minimum Gasteiger partial charge on any atom is -0.312 e. The molecule has 0 saturated heterocycles. The maximum atomic E-state index is 3.54. The highest BCUT2D eigenvalue weighted by molar-refractivity contribution is 4.77. The molecule has 0 aliphatic carbocycles. The van der Waals surface area contributed by atoms with E-state index in [1.807, 2.05) is 0 Å². The molecule has 1 atom stereocenters. The Hall–Kier alpha value is -0.0800. The highest BCUT2D eigenvalue weighted by Gasteiger charge is 2.23. The monoisotopic (exact) mass is 242 g/mol. The Morgan fingerprint density at radius 2 is 1.53 bits per heavy atom. The summed E-state index contributed by atoms with van der Waals surface area (Å²) in [5, 5.41) is 3.54. The van der Waals surface area contributed by atoms with Crippen molar-refractivity contribution in [2.75, 3.05) is 20.1 Å². The van der Waals surface area contributed by atoms with Gasteiger partial charge in [-0.3, -0.25) is 0 Å². The van der Waals surface area contributed by atoms with Gasteiger partial charge in [0.05, 0.1) is 0 Å². The van der Waals surface area contributed by atoms with Crippen LogP contribution in [0.15, 0.2) is 0 Å². The highest BCUT2D eigenvalue weighted by atomic mass is 15.1. The second kappa shape index (κ2) is 6.75. The summed E-state index contributed by atoms with van der Waals surface area (Å²) in [7, 11) is 2.24.